The first-order valence-electron chi connectivity index (χ1n) is 7.57. The maximum Gasteiger partial charge on any atom is 0.410 e. The Morgan fingerprint density at radius 2 is 2.18 bits per heavy atom. The summed E-state index contributed by atoms with van der Waals surface area (Å²) in [4.78, 5) is 18.2. The fourth-order valence-electron chi connectivity index (χ4n) is 2.62. The van der Waals surface area contributed by atoms with E-state index in [1.165, 1.54) is 0 Å². The molecule has 1 atom stereocenters. The predicted molar refractivity (Wildman–Crippen MR) is 85.0 cm³/mol. The Kier molecular flexibility index (Phi) is 4.78. The monoisotopic (exact) mass is 307 g/mol. The average molecular weight is 307 g/mol. The topological polar surface area (TPSA) is 77.7 Å². The third-order valence-corrected chi connectivity index (χ3v) is 3.64. The van der Waals surface area contributed by atoms with Crippen LogP contribution in [0.15, 0.2) is 12.3 Å². The summed E-state index contributed by atoms with van der Waals surface area (Å²) in [5.41, 5.74) is 7.00. The maximum atomic E-state index is 12.2. The molecule has 22 heavy (non-hydrogen) atoms. The fraction of sp³-hybridized carbons (Fsp3) is 0.625. The molecule has 1 saturated heterocycles. The van der Waals surface area contributed by atoms with E-state index in [-0.39, 0.29) is 12.0 Å². The first-order chi connectivity index (χ1) is 10.3. The van der Waals surface area contributed by atoms with E-state index in [4.69, 9.17) is 15.2 Å². The molecule has 1 fully saturated rings. The van der Waals surface area contributed by atoms with E-state index >= 15 is 0 Å². The molecule has 2 heterocycles. The van der Waals surface area contributed by atoms with Gasteiger partial charge in [0.15, 0.2) is 0 Å². The van der Waals surface area contributed by atoms with Crippen LogP contribution < -0.4 is 10.5 Å². The lowest BCUT2D eigenvalue weighted by molar-refractivity contribution is 0.0198. The number of methoxy groups -OCH3 is 1. The van der Waals surface area contributed by atoms with Crippen LogP contribution in [0.3, 0.4) is 0 Å². The van der Waals surface area contributed by atoms with Crippen LogP contribution in [-0.4, -0.2) is 41.8 Å². The van der Waals surface area contributed by atoms with Crippen LogP contribution in [0.4, 0.5) is 10.5 Å². The number of ether oxygens (including phenoxy) is 2. The van der Waals surface area contributed by atoms with Crippen LogP contribution in [0.2, 0.25) is 0 Å². The molecule has 1 unspecified atom stereocenters. The van der Waals surface area contributed by atoms with Gasteiger partial charge in [-0.1, -0.05) is 0 Å². The summed E-state index contributed by atoms with van der Waals surface area (Å²) >= 11 is 0. The molecule has 0 bridgehead atoms. The van der Waals surface area contributed by atoms with Crippen molar-refractivity contribution in [3.63, 3.8) is 0 Å². The van der Waals surface area contributed by atoms with E-state index in [0.29, 0.717) is 18.1 Å². The molecule has 0 spiro atoms. The van der Waals surface area contributed by atoms with E-state index in [0.717, 1.165) is 24.9 Å². The minimum atomic E-state index is -0.476. The number of likely N-dealkylation sites (tertiary alicyclic amines) is 1. The number of carbonyl (C=O) groups is 1. The molecule has 2 rings (SSSR count). The Morgan fingerprint density at radius 3 is 2.77 bits per heavy atom. The second kappa shape index (κ2) is 6.42. The molecular formula is C16H25N3O3. The largest absolute Gasteiger partial charge is 0.480 e. The summed E-state index contributed by atoms with van der Waals surface area (Å²) in [5, 5.41) is 0. The number of hydrogen-bond acceptors (Lipinski definition) is 5. The Bertz CT molecular complexity index is 540. The standard InChI is InChI=1S/C16H25N3O3/c1-16(2,3)22-15(20)19-7-5-6-11(10-19)12-8-13(17)14(21-4)18-9-12/h8-9,11H,5-7,10,17H2,1-4H3. The first kappa shape index (κ1) is 16.4. The molecule has 0 saturated carbocycles. The van der Waals surface area contributed by atoms with Gasteiger partial charge in [0.25, 0.3) is 0 Å². The van der Waals surface area contributed by atoms with Crippen molar-refractivity contribution in [3.8, 4) is 5.88 Å². The molecule has 122 valence electrons. The van der Waals surface area contributed by atoms with Gasteiger partial charge in [0, 0.05) is 25.2 Å². The number of aromatic nitrogens is 1. The van der Waals surface area contributed by atoms with Crippen molar-refractivity contribution in [3.05, 3.63) is 17.8 Å². The van der Waals surface area contributed by atoms with Crippen molar-refractivity contribution in [1.29, 1.82) is 0 Å². The normalized spacial score (nSPS) is 18.9. The summed E-state index contributed by atoms with van der Waals surface area (Å²) in [6.07, 6.45) is 3.47. The van der Waals surface area contributed by atoms with Gasteiger partial charge in [-0.3, -0.25) is 0 Å². The number of piperidine rings is 1. The number of nitrogens with zero attached hydrogens (tertiary/aromatic N) is 2. The van der Waals surface area contributed by atoms with E-state index in [9.17, 15) is 4.79 Å². The molecule has 1 aliphatic rings. The zero-order valence-corrected chi connectivity index (χ0v) is 13.8. The predicted octanol–water partition coefficient (Wildman–Crippen LogP) is 2.79. The molecule has 6 heteroatoms. The average Bonchev–Trinajstić information content (AvgIpc) is 2.45. The van der Waals surface area contributed by atoms with Crippen LogP contribution in [0.25, 0.3) is 0 Å². The third kappa shape index (κ3) is 4.02. The summed E-state index contributed by atoms with van der Waals surface area (Å²) in [5.74, 6) is 0.658. The molecule has 0 aliphatic carbocycles. The van der Waals surface area contributed by atoms with E-state index in [2.05, 4.69) is 4.98 Å². The summed E-state index contributed by atoms with van der Waals surface area (Å²) < 4.78 is 10.5. The molecule has 1 aromatic rings. The molecular weight excluding hydrogens is 282 g/mol. The first-order valence-corrected chi connectivity index (χ1v) is 7.57. The highest BCUT2D eigenvalue weighted by molar-refractivity contribution is 5.68. The number of amides is 1. The summed E-state index contributed by atoms with van der Waals surface area (Å²) in [7, 11) is 1.54. The SMILES string of the molecule is COc1ncc(C2CCCN(C(=O)OC(C)(C)C)C2)cc1N. The molecule has 1 aliphatic heterocycles. The Morgan fingerprint density at radius 1 is 1.45 bits per heavy atom. The zero-order chi connectivity index (χ0) is 16.3. The fourth-order valence-corrected chi connectivity index (χ4v) is 2.62. The Labute approximate surface area is 131 Å². The zero-order valence-electron chi connectivity index (χ0n) is 13.8. The molecule has 0 radical (unpaired) electrons. The highest BCUT2D eigenvalue weighted by Crippen LogP contribution is 2.30. The summed E-state index contributed by atoms with van der Waals surface area (Å²) in [6.45, 7) is 6.98. The number of pyridine rings is 1. The van der Waals surface area contributed by atoms with Gasteiger partial charge in [-0.15, -0.1) is 0 Å². The molecule has 0 aromatic carbocycles. The van der Waals surface area contributed by atoms with Crippen molar-refractivity contribution in [2.24, 2.45) is 0 Å². The second-order valence-corrected chi connectivity index (χ2v) is 6.63. The molecule has 6 nitrogen and oxygen atoms in total. The summed E-state index contributed by atoms with van der Waals surface area (Å²) in [6, 6.07) is 1.88. The van der Waals surface area contributed by atoms with E-state index in [1.807, 2.05) is 26.8 Å². The minimum absolute atomic E-state index is 0.224. The van der Waals surface area contributed by atoms with Crippen molar-refractivity contribution in [1.82, 2.24) is 9.88 Å². The molecule has 1 amide bonds. The second-order valence-electron chi connectivity index (χ2n) is 6.63. The van der Waals surface area contributed by atoms with Crippen LogP contribution in [0.5, 0.6) is 5.88 Å². The minimum Gasteiger partial charge on any atom is -0.480 e. The van der Waals surface area contributed by atoms with Crippen LogP contribution in [0, 0.1) is 0 Å². The van der Waals surface area contributed by atoms with Gasteiger partial charge in [0.05, 0.1) is 12.8 Å². The van der Waals surface area contributed by atoms with Crippen molar-refractivity contribution < 1.29 is 14.3 Å². The van der Waals surface area contributed by atoms with Gasteiger partial charge < -0.3 is 20.1 Å². The quantitative estimate of drug-likeness (QED) is 0.909. The van der Waals surface area contributed by atoms with Crippen molar-refractivity contribution in [2.45, 2.75) is 45.1 Å². The van der Waals surface area contributed by atoms with Crippen molar-refractivity contribution in [2.75, 3.05) is 25.9 Å². The van der Waals surface area contributed by atoms with Gasteiger partial charge in [-0.2, -0.15) is 0 Å². The maximum absolute atomic E-state index is 12.2. The Hall–Kier alpha value is -1.98. The van der Waals surface area contributed by atoms with Crippen LogP contribution >= 0.6 is 0 Å². The number of rotatable bonds is 2. The Balaban J connectivity index is 2.07. The van der Waals surface area contributed by atoms with Crippen LogP contribution in [-0.2, 0) is 4.74 Å². The lowest BCUT2D eigenvalue weighted by Gasteiger charge is -2.34. The highest BCUT2D eigenvalue weighted by atomic mass is 16.6. The van der Waals surface area contributed by atoms with E-state index < -0.39 is 5.60 Å². The number of nitrogens with two attached hydrogens (primary N) is 1. The number of carbonyl (C=O) groups excluding carboxylic acids is 1. The lowest BCUT2D eigenvalue weighted by Crippen LogP contribution is -2.42. The van der Waals surface area contributed by atoms with Gasteiger partial charge in [-0.05, 0) is 45.2 Å². The lowest BCUT2D eigenvalue weighted by atomic mass is 9.91. The number of hydrogen-bond donors (Lipinski definition) is 1. The smallest absolute Gasteiger partial charge is 0.410 e. The van der Waals surface area contributed by atoms with Crippen molar-refractivity contribution >= 4 is 11.8 Å². The van der Waals surface area contributed by atoms with Crippen LogP contribution in [0.1, 0.15) is 45.1 Å². The van der Waals surface area contributed by atoms with Gasteiger partial charge in [0.2, 0.25) is 5.88 Å². The van der Waals surface area contributed by atoms with E-state index in [1.54, 1.807) is 18.2 Å². The van der Waals surface area contributed by atoms with Gasteiger partial charge >= 0.3 is 6.09 Å². The third-order valence-electron chi connectivity index (χ3n) is 3.64. The highest BCUT2D eigenvalue weighted by Gasteiger charge is 2.28. The number of anilines is 1. The molecule has 1 aromatic heterocycles. The number of nitrogen functional groups attached to an aromatic ring is 1. The van der Waals surface area contributed by atoms with Gasteiger partial charge in [0.1, 0.15) is 5.60 Å². The molecule has 2 N–H and O–H groups in total. The van der Waals surface area contributed by atoms with Gasteiger partial charge in [-0.25, -0.2) is 9.78 Å².